The second kappa shape index (κ2) is 6.62. The number of halogens is 2. The van der Waals surface area contributed by atoms with Gasteiger partial charge in [0.2, 0.25) is 0 Å². The fourth-order valence-corrected chi connectivity index (χ4v) is 2.57. The highest BCUT2D eigenvalue weighted by atomic mass is 35.5. The Bertz CT molecular complexity index is 705. The molecule has 1 N–H and O–H groups in total. The molecule has 21 heavy (non-hydrogen) atoms. The Hall–Kier alpha value is -2.02. The van der Waals surface area contributed by atoms with Crippen LogP contribution in [0.1, 0.15) is 27.4 Å². The van der Waals surface area contributed by atoms with Gasteiger partial charge in [0.1, 0.15) is 0 Å². The van der Waals surface area contributed by atoms with Crippen molar-refractivity contribution in [1.29, 1.82) is 5.26 Å². The smallest absolute Gasteiger partial charge is 0.335 e. The molecular formula is C16H11Cl2NO2. The van der Waals surface area contributed by atoms with E-state index in [-0.39, 0.29) is 5.56 Å². The molecule has 2 aromatic rings. The van der Waals surface area contributed by atoms with Crippen LogP contribution in [0.4, 0.5) is 0 Å². The average Bonchev–Trinajstić information content (AvgIpc) is 2.46. The van der Waals surface area contributed by atoms with Crippen LogP contribution >= 0.6 is 23.2 Å². The van der Waals surface area contributed by atoms with Gasteiger partial charge in [-0.25, -0.2) is 4.79 Å². The third-order valence-corrected chi connectivity index (χ3v) is 3.70. The van der Waals surface area contributed by atoms with Crippen LogP contribution in [0, 0.1) is 11.3 Å². The number of hydrogen-bond donors (Lipinski definition) is 1. The second-order valence-corrected chi connectivity index (χ2v) is 5.40. The Kier molecular flexibility index (Phi) is 4.85. The minimum Gasteiger partial charge on any atom is -0.478 e. The Morgan fingerprint density at radius 2 is 1.86 bits per heavy atom. The molecule has 0 bridgehead atoms. The van der Waals surface area contributed by atoms with Gasteiger partial charge in [-0.15, -0.1) is 0 Å². The number of benzene rings is 2. The van der Waals surface area contributed by atoms with E-state index in [0.717, 1.165) is 5.56 Å². The zero-order chi connectivity index (χ0) is 15.4. The second-order valence-electron chi connectivity index (χ2n) is 4.55. The van der Waals surface area contributed by atoms with Gasteiger partial charge < -0.3 is 5.11 Å². The van der Waals surface area contributed by atoms with Crippen LogP contribution in [-0.2, 0) is 6.42 Å². The van der Waals surface area contributed by atoms with Crippen molar-refractivity contribution in [3.05, 3.63) is 69.2 Å². The molecule has 3 nitrogen and oxygen atoms in total. The molecule has 1 unspecified atom stereocenters. The summed E-state index contributed by atoms with van der Waals surface area (Å²) >= 11 is 12.0. The molecule has 5 heteroatoms. The van der Waals surface area contributed by atoms with Crippen molar-refractivity contribution in [2.75, 3.05) is 0 Å². The maximum Gasteiger partial charge on any atom is 0.335 e. The molecule has 0 aliphatic heterocycles. The predicted octanol–water partition coefficient (Wildman–Crippen LogP) is 4.54. The van der Waals surface area contributed by atoms with Crippen molar-refractivity contribution in [3.63, 3.8) is 0 Å². The van der Waals surface area contributed by atoms with Gasteiger partial charge in [0.15, 0.2) is 0 Å². The van der Waals surface area contributed by atoms with Crippen LogP contribution in [0.5, 0.6) is 0 Å². The van der Waals surface area contributed by atoms with Crippen LogP contribution in [0.15, 0.2) is 42.5 Å². The van der Waals surface area contributed by atoms with E-state index < -0.39 is 11.9 Å². The van der Waals surface area contributed by atoms with Crippen LogP contribution in [0.3, 0.4) is 0 Å². The van der Waals surface area contributed by atoms with Gasteiger partial charge in [-0.3, -0.25) is 0 Å². The number of carboxylic acid groups (broad SMARTS) is 1. The standard InChI is InChI=1S/C16H11Cl2NO2/c17-13-5-6-14(15(18)8-13)12(9-19)7-10-1-3-11(4-2-10)16(20)21/h1-6,8,12H,7H2,(H,20,21). The maximum atomic E-state index is 10.8. The summed E-state index contributed by atoms with van der Waals surface area (Å²) in [5, 5.41) is 19.2. The third kappa shape index (κ3) is 3.75. The van der Waals surface area contributed by atoms with Gasteiger partial charge in [-0.1, -0.05) is 41.4 Å². The number of aromatic carboxylic acids is 1. The first-order valence-corrected chi connectivity index (χ1v) is 6.93. The molecule has 0 aliphatic carbocycles. The minimum atomic E-state index is -0.973. The number of nitriles is 1. The van der Waals surface area contributed by atoms with Gasteiger partial charge in [0.25, 0.3) is 0 Å². The maximum absolute atomic E-state index is 10.8. The van der Waals surface area contributed by atoms with Crippen molar-refractivity contribution >= 4 is 29.2 Å². The van der Waals surface area contributed by atoms with E-state index >= 15 is 0 Å². The Morgan fingerprint density at radius 1 is 1.19 bits per heavy atom. The minimum absolute atomic E-state index is 0.219. The Labute approximate surface area is 132 Å². The van der Waals surface area contributed by atoms with Gasteiger partial charge >= 0.3 is 5.97 Å². The van der Waals surface area contributed by atoms with Crippen molar-refractivity contribution in [1.82, 2.24) is 0 Å². The lowest BCUT2D eigenvalue weighted by molar-refractivity contribution is 0.0697. The molecular weight excluding hydrogens is 309 g/mol. The summed E-state index contributed by atoms with van der Waals surface area (Å²) in [6.45, 7) is 0. The van der Waals surface area contributed by atoms with Crippen molar-refractivity contribution in [3.8, 4) is 6.07 Å². The Morgan fingerprint density at radius 3 is 2.38 bits per heavy atom. The topological polar surface area (TPSA) is 61.1 Å². The summed E-state index contributed by atoms with van der Waals surface area (Å²) in [4.78, 5) is 10.8. The van der Waals surface area contributed by atoms with Gasteiger partial charge in [0.05, 0.1) is 17.6 Å². The molecule has 0 aliphatic rings. The summed E-state index contributed by atoms with van der Waals surface area (Å²) in [5.41, 5.74) is 1.81. The highest BCUT2D eigenvalue weighted by molar-refractivity contribution is 6.35. The van der Waals surface area contributed by atoms with Crippen LogP contribution < -0.4 is 0 Å². The highest BCUT2D eigenvalue weighted by Crippen LogP contribution is 2.29. The monoisotopic (exact) mass is 319 g/mol. The van der Waals surface area contributed by atoms with Crippen LogP contribution in [-0.4, -0.2) is 11.1 Å². The van der Waals surface area contributed by atoms with E-state index in [9.17, 15) is 10.1 Å². The van der Waals surface area contributed by atoms with Crippen LogP contribution in [0.2, 0.25) is 10.0 Å². The zero-order valence-corrected chi connectivity index (χ0v) is 12.4. The lowest BCUT2D eigenvalue weighted by Crippen LogP contribution is -2.02. The van der Waals surface area contributed by atoms with Crippen molar-refractivity contribution < 1.29 is 9.90 Å². The van der Waals surface area contributed by atoms with Gasteiger partial charge in [-0.2, -0.15) is 5.26 Å². The number of carboxylic acids is 1. The molecule has 0 amide bonds. The fourth-order valence-electron chi connectivity index (χ4n) is 2.03. The largest absolute Gasteiger partial charge is 0.478 e. The lowest BCUT2D eigenvalue weighted by Gasteiger charge is -2.12. The molecule has 0 saturated carbocycles. The molecule has 2 rings (SSSR count). The number of hydrogen-bond acceptors (Lipinski definition) is 2. The van der Waals surface area contributed by atoms with Gasteiger partial charge in [-0.05, 0) is 41.8 Å². The van der Waals surface area contributed by atoms with E-state index in [1.807, 2.05) is 0 Å². The number of rotatable bonds is 4. The van der Waals surface area contributed by atoms with E-state index in [2.05, 4.69) is 6.07 Å². The summed E-state index contributed by atoms with van der Waals surface area (Å²) < 4.78 is 0. The first-order chi connectivity index (χ1) is 10.0. The van der Waals surface area contributed by atoms with Crippen LogP contribution in [0.25, 0.3) is 0 Å². The van der Waals surface area contributed by atoms with Gasteiger partial charge in [0, 0.05) is 10.0 Å². The Balaban J connectivity index is 2.23. The number of carbonyl (C=O) groups is 1. The zero-order valence-electron chi connectivity index (χ0n) is 10.9. The summed E-state index contributed by atoms with van der Waals surface area (Å²) in [6, 6.07) is 13.7. The molecule has 0 aromatic heterocycles. The summed E-state index contributed by atoms with van der Waals surface area (Å²) in [5.74, 6) is -1.38. The van der Waals surface area contributed by atoms with Crippen molar-refractivity contribution in [2.45, 2.75) is 12.3 Å². The van der Waals surface area contributed by atoms with E-state index in [0.29, 0.717) is 22.0 Å². The molecule has 0 saturated heterocycles. The summed E-state index contributed by atoms with van der Waals surface area (Å²) in [6.07, 6.45) is 0.456. The molecule has 0 radical (unpaired) electrons. The van der Waals surface area contributed by atoms with E-state index in [1.54, 1.807) is 30.3 Å². The van der Waals surface area contributed by atoms with E-state index in [1.165, 1.54) is 12.1 Å². The molecule has 106 valence electrons. The average molecular weight is 320 g/mol. The molecule has 1 atom stereocenters. The first-order valence-electron chi connectivity index (χ1n) is 6.18. The summed E-state index contributed by atoms with van der Waals surface area (Å²) in [7, 11) is 0. The number of nitrogens with zero attached hydrogens (tertiary/aromatic N) is 1. The van der Waals surface area contributed by atoms with E-state index in [4.69, 9.17) is 28.3 Å². The quantitative estimate of drug-likeness (QED) is 0.899. The fraction of sp³-hybridized carbons (Fsp3) is 0.125. The highest BCUT2D eigenvalue weighted by Gasteiger charge is 2.15. The SMILES string of the molecule is N#CC(Cc1ccc(C(=O)O)cc1)c1ccc(Cl)cc1Cl. The first kappa shape index (κ1) is 15.4. The normalized spacial score (nSPS) is 11.7. The van der Waals surface area contributed by atoms with Crippen molar-refractivity contribution in [2.24, 2.45) is 0 Å². The molecule has 0 spiro atoms. The predicted molar refractivity (Wildman–Crippen MR) is 81.9 cm³/mol. The molecule has 0 fully saturated rings. The lowest BCUT2D eigenvalue weighted by atomic mass is 9.93. The third-order valence-electron chi connectivity index (χ3n) is 3.13. The molecule has 0 heterocycles. The molecule has 2 aromatic carbocycles.